The van der Waals surface area contributed by atoms with Crippen LogP contribution in [0.4, 0.5) is 0 Å². The summed E-state index contributed by atoms with van der Waals surface area (Å²) in [5.41, 5.74) is 1.45. The third-order valence-electron chi connectivity index (χ3n) is 4.79. The summed E-state index contributed by atoms with van der Waals surface area (Å²) in [7, 11) is 2.33. The second-order valence-corrected chi connectivity index (χ2v) is 6.51. The first-order valence-electron chi connectivity index (χ1n) is 7.72. The highest BCUT2D eigenvalue weighted by atomic mass is 15.2. The molecule has 2 heteroatoms. The number of rotatable bonds is 5. The van der Waals surface area contributed by atoms with Gasteiger partial charge in [0.2, 0.25) is 0 Å². The van der Waals surface area contributed by atoms with Crippen LogP contribution in [0, 0.1) is 5.92 Å². The minimum Gasteiger partial charge on any atom is -0.310 e. The number of piperidine rings is 1. The molecule has 2 bridgehead atoms. The zero-order valence-corrected chi connectivity index (χ0v) is 12.6. The van der Waals surface area contributed by atoms with Gasteiger partial charge in [0, 0.05) is 18.1 Å². The third-order valence-corrected chi connectivity index (χ3v) is 4.79. The lowest BCUT2D eigenvalue weighted by molar-refractivity contribution is 0.121. The molecule has 0 spiro atoms. The number of nitrogens with zero attached hydrogens (tertiary/aromatic N) is 1. The highest BCUT2D eigenvalue weighted by Crippen LogP contribution is 2.39. The SMILES string of the molecule is CCCNC(C=C(C)C)C1CC2CCC(C1)N2C. The number of allylic oxidation sites excluding steroid dienone is 1. The maximum absolute atomic E-state index is 3.76. The van der Waals surface area contributed by atoms with Crippen LogP contribution < -0.4 is 5.32 Å². The summed E-state index contributed by atoms with van der Waals surface area (Å²) in [6, 6.07) is 2.31. The molecule has 2 fully saturated rings. The van der Waals surface area contributed by atoms with E-state index in [2.05, 4.69) is 44.1 Å². The lowest BCUT2D eigenvalue weighted by Crippen LogP contribution is -2.46. The molecule has 2 saturated heterocycles. The van der Waals surface area contributed by atoms with Crippen molar-refractivity contribution in [2.45, 2.75) is 71.0 Å². The van der Waals surface area contributed by atoms with Crippen molar-refractivity contribution in [2.24, 2.45) is 5.92 Å². The lowest BCUT2D eigenvalue weighted by Gasteiger charge is -2.39. The van der Waals surface area contributed by atoms with Gasteiger partial charge in [0.25, 0.3) is 0 Å². The van der Waals surface area contributed by atoms with Gasteiger partial charge in [-0.25, -0.2) is 0 Å². The molecule has 0 radical (unpaired) electrons. The fourth-order valence-corrected chi connectivity index (χ4v) is 3.78. The lowest BCUT2D eigenvalue weighted by atomic mass is 9.84. The molecule has 18 heavy (non-hydrogen) atoms. The summed E-state index contributed by atoms with van der Waals surface area (Å²) >= 11 is 0. The summed E-state index contributed by atoms with van der Waals surface area (Å²) in [5, 5.41) is 3.76. The van der Waals surface area contributed by atoms with Crippen LogP contribution in [0.5, 0.6) is 0 Å². The minimum atomic E-state index is 0.603. The van der Waals surface area contributed by atoms with E-state index in [1.807, 2.05) is 0 Å². The monoisotopic (exact) mass is 250 g/mol. The van der Waals surface area contributed by atoms with Gasteiger partial charge in [-0.3, -0.25) is 0 Å². The van der Waals surface area contributed by atoms with Gasteiger partial charge in [-0.1, -0.05) is 18.6 Å². The Morgan fingerprint density at radius 3 is 2.39 bits per heavy atom. The standard InChI is InChI=1S/C16H30N2/c1-5-8-17-16(9-12(2)3)13-10-14-6-7-15(11-13)18(14)4/h9,13-17H,5-8,10-11H2,1-4H3. The first-order chi connectivity index (χ1) is 8.61. The Hall–Kier alpha value is -0.340. The third kappa shape index (κ3) is 3.16. The summed E-state index contributed by atoms with van der Waals surface area (Å²) in [6.07, 6.45) is 9.31. The van der Waals surface area contributed by atoms with Gasteiger partial charge in [0.05, 0.1) is 0 Å². The van der Waals surface area contributed by atoms with E-state index in [9.17, 15) is 0 Å². The summed E-state index contributed by atoms with van der Waals surface area (Å²) in [5.74, 6) is 0.847. The fourth-order valence-electron chi connectivity index (χ4n) is 3.78. The summed E-state index contributed by atoms with van der Waals surface area (Å²) in [6.45, 7) is 7.86. The van der Waals surface area contributed by atoms with Crippen molar-refractivity contribution < 1.29 is 0 Å². The second kappa shape index (κ2) is 6.21. The molecule has 2 aliphatic rings. The maximum Gasteiger partial charge on any atom is 0.0281 e. The average molecular weight is 250 g/mol. The van der Waals surface area contributed by atoms with E-state index in [4.69, 9.17) is 0 Å². The smallest absolute Gasteiger partial charge is 0.0281 e. The molecule has 2 heterocycles. The molecule has 2 nitrogen and oxygen atoms in total. The Morgan fingerprint density at radius 1 is 1.28 bits per heavy atom. The van der Waals surface area contributed by atoms with Crippen molar-refractivity contribution in [1.82, 2.24) is 10.2 Å². The molecule has 0 aliphatic carbocycles. The Labute approximate surface area is 113 Å². The highest BCUT2D eigenvalue weighted by molar-refractivity contribution is 5.07. The van der Waals surface area contributed by atoms with Crippen molar-refractivity contribution in [3.05, 3.63) is 11.6 Å². The van der Waals surface area contributed by atoms with Crippen molar-refractivity contribution in [2.75, 3.05) is 13.6 Å². The highest BCUT2D eigenvalue weighted by Gasteiger charge is 2.40. The van der Waals surface area contributed by atoms with Crippen LogP contribution in [0.25, 0.3) is 0 Å². The van der Waals surface area contributed by atoms with Gasteiger partial charge in [-0.15, -0.1) is 0 Å². The molecule has 2 rings (SSSR count). The first-order valence-corrected chi connectivity index (χ1v) is 7.72. The van der Waals surface area contributed by atoms with E-state index in [0.29, 0.717) is 6.04 Å². The molecule has 3 atom stereocenters. The van der Waals surface area contributed by atoms with Crippen LogP contribution in [0.15, 0.2) is 11.6 Å². The quantitative estimate of drug-likeness (QED) is 0.754. The van der Waals surface area contributed by atoms with Gasteiger partial charge in [-0.2, -0.15) is 0 Å². The van der Waals surface area contributed by atoms with Crippen LogP contribution in [-0.4, -0.2) is 36.6 Å². The number of fused-ring (bicyclic) bond motifs is 2. The zero-order valence-electron chi connectivity index (χ0n) is 12.6. The van der Waals surface area contributed by atoms with Crippen LogP contribution in [0.2, 0.25) is 0 Å². The molecular formula is C16H30N2. The summed E-state index contributed by atoms with van der Waals surface area (Å²) in [4.78, 5) is 2.63. The van der Waals surface area contributed by atoms with E-state index in [-0.39, 0.29) is 0 Å². The van der Waals surface area contributed by atoms with Crippen molar-refractivity contribution in [1.29, 1.82) is 0 Å². The molecule has 104 valence electrons. The maximum atomic E-state index is 3.76. The van der Waals surface area contributed by atoms with E-state index in [1.165, 1.54) is 37.7 Å². The molecule has 0 aromatic rings. The largest absolute Gasteiger partial charge is 0.310 e. The molecule has 3 unspecified atom stereocenters. The van der Waals surface area contributed by atoms with Gasteiger partial charge >= 0.3 is 0 Å². The van der Waals surface area contributed by atoms with Gasteiger partial charge < -0.3 is 10.2 Å². The van der Waals surface area contributed by atoms with Gasteiger partial charge in [0.1, 0.15) is 0 Å². The minimum absolute atomic E-state index is 0.603. The van der Waals surface area contributed by atoms with E-state index < -0.39 is 0 Å². The fraction of sp³-hybridized carbons (Fsp3) is 0.875. The normalized spacial score (nSPS) is 33.4. The van der Waals surface area contributed by atoms with Crippen molar-refractivity contribution in [3.8, 4) is 0 Å². The Bertz CT molecular complexity index is 279. The predicted molar refractivity (Wildman–Crippen MR) is 78.8 cm³/mol. The van der Waals surface area contributed by atoms with Gasteiger partial charge in [-0.05, 0) is 65.5 Å². The van der Waals surface area contributed by atoms with E-state index in [0.717, 1.165) is 24.5 Å². The van der Waals surface area contributed by atoms with Crippen molar-refractivity contribution in [3.63, 3.8) is 0 Å². The van der Waals surface area contributed by atoms with Crippen LogP contribution in [0.3, 0.4) is 0 Å². The molecular weight excluding hydrogens is 220 g/mol. The predicted octanol–water partition coefficient (Wildman–Crippen LogP) is 3.19. The number of nitrogens with one attached hydrogen (secondary N) is 1. The van der Waals surface area contributed by atoms with E-state index in [1.54, 1.807) is 0 Å². The van der Waals surface area contributed by atoms with Crippen LogP contribution >= 0.6 is 0 Å². The molecule has 0 aromatic carbocycles. The Balaban J connectivity index is 2.00. The van der Waals surface area contributed by atoms with Crippen LogP contribution in [-0.2, 0) is 0 Å². The average Bonchev–Trinajstić information content (AvgIpc) is 2.55. The Kier molecular flexibility index (Phi) is 4.85. The van der Waals surface area contributed by atoms with Gasteiger partial charge in [0.15, 0.2) is 0 Å². The molecule has 0 aromatic heterocycles. The number of hydrogen-bond donors (Lipinski definition) is 1. The second-order valence-electron chi connectivity index (χ2n) is 6.51. The molecule has 1 N–H and O–H groups in total. The van der Waals surface area contributed by atoms with Crippen molar-refractivity contribution >= 4 is 0 Å². The molecule has 0 amide bonds. The topological polar surface area (TPSA) is 15.3 Å². The van der Waals surface area contributed by atoms with E-state index >= 15 is 0 Å². The number of hydrogen-bond acceptors (Lipinski definition) is 2. The Morgan fingerprint density at radius 2 is 1.89 bits per heavy atom. The van der Waals surface area contributed by atoms with Crippen LogP contribution in [0.1, 0.15) is 52.9 Å². The first kappa shape index (κ1) is 14.1. The molecule has 0 saturated carbocycles. The molecule has 2 aliphatic heterocycles. The zero-order chi connectivity index (χ0) is 13.1. The summed E-state index contributed by atoms with van der Waals surface area (Å²) < 4.78 is 0.